The maximum absolute atomic E-state index is 12.8. The van der Waals surface area contributed by atoms with Crippen LogP contribution in [0.1, 0.15) is 50.2 Å². The van der Waals surface area contributed by atoms with Gasteiger partial charge in [0.1, 0.15) is 0 Å². The molecule has 1 aromatic carbocycles. The first-order chi connectivity index (χ1) is 12.3. The summed E-state index contributed by atoms with van der Waals surface area (Å²) in [5.41, 5.74) is 0.912. The number of benzene rings is 1. The van der Waals surface area contributed by atoms with Crippen molar-refractivity contribution >= 4 is 21.6 Å². The van der Waals surface area contributed by atoms with Crippen LogP contribution in [0, 0.1) is 5.41 Å². The third-order valence-electron chi connectivity index (χ3n) is 6.04. The highest BCUT2D eigenvalue weighted by Crippen LogP contribution is 2.57. The monoisotopic (exact) mass is 429 g/mol. The second-order valence-electron chi connectivity index (χ2n) is 7.57. The molecule has 0 radical (unpaired) electrons. The Morgan fingerprint density at radius 2 is 1.81 bits per heavy atom. The Hall–Kier alpha value is -1.57. The van der Waals surface area contributed by atoms with Gasteiger partial charge in [-0.1, -0.05) is 27.2 Å². The lowest BCUT2D eigenvalue weighted by Gasteiger charge is -2.52. The van der Waals surface area contributed by atoms with E-state index in [1.165, 1.54) is 0 Å². The zero-order valence-electron chi connectivity index (χ0n) is 14.1. The van der Waals surface area contributed by atoms with Gasteiger partial charge in [-0.2, -0.15) is 18.2 Å². The molecule has 0 spiro atoms. The molecule has 0 unspecified atom stereocenters. The number of nitrogens with zero attached hydrogens (tertiary/aromatic N) is 2. The third kappa shape index (κ3) is 3.23. The molecule has 1 heterocycles. The molecule has 2 bridgehead atoms. The number of nitrogens with one attached hydrogen (secondary N) is 1. The van der Waals surface area contributed by atoms with Crippen molar-refractivity contribution in [3.05, 3.63) is 40.5 Å². The Morgan fingerprint density at radius 1 is 1.12 bits per heavy atom. The van der Waals surface area contributed by atoms with Gasteiger partial charge in [0.25, 0.3) is 0 Å². The molecule has 3 aliphatic carbocycles. The highest BCUT2D eigenvalue weighted by Gasteiger charge is 2.52. The van der Waals surface area contributed by atoms with Crippen molar-refractivity contribution in [1.29, 1.82) is 0 Å². The van der Waals surface area contributed by atoms with Crippen molar-refractivity contribution in [2.75, 3.05) is 11.9 Å². The molecule has 2 aromatic rings. The van der Waals surface area contributed by atoms with E-state index in [4.69, 9.17) is 0 Å². The molecule has 4 nitrogen and oxygen atoms in total. The summed E-state index contributed by atoms with van der Waals surface area (Å²) in [7, 11) is 0. The Morgan fingerprint density at radius 3 is 2.38 bits per heavy atom. The van der Waals surface area contributed by atoms with Gasteiger partial charge < -0.3 is 9.84 Å². The molecule has 8 heteroatoms. The number of halogens is 4. The van der Waals surface area contributed by atoms with Gasteiger partial charge in [-0.25, -0.2) is 0 Å². The fourth-order valence-corrected chi connectivity index (χ4v) is 4.71. The number of alkyl halides is 3. The first-order valence-corrected chi connectivity index (χ1v) is 9.51. The highest BCUT2D eigenvalue weighted by atomic mass is 79.9. The molecule has 1 N–H and O–H groups in total. The van der Waals surface area contributed by atoms with Crippen molar-refractivity contribution in [2.45, 2.75) is 50.1 Å². The van der Waals surface area contributed by atoms with E-state index in [1.807, 2.05) is 24.3 Å². The summed E-state index contributed by atoms with van der Waals surface area (Å²) in [4.78, 5) is 3.68. The zero-order chi connectivity index (χ0) is 18.4. The maximum Gasteiger partial charge on any atom is 0.471 e. The van der Waals surface area contributed by atoms with Crippen LogP contribution in [0.4, 0.5) is 18.9 Å². The lowest BCUT2D eigenvalue weighted by Crippen LogP contribution is -2.47. The van der Waals surface area contributed by atoms with E-state index in [1.54, 1.807) is 0 Å². The van der Waals surface area contributed by atoms with E-state index in [-0.39, 0.29) is 16.7 Å². The second kappa shape index (κ2) is 6.25. The van der Waals surface area contributed by atoms with Gasteiger partial charge in [0.15, 0.2) is 5.82 Å². The van der Waals surface area contributed by atoms with Gasteiger partial charge in [0, 0.05) is 22.1 Å². The lowest BCUT2D eigenvalue weighted by atomic mass is 9.53. The molecule has 0 atom stereocenters. The summed E-state index contributed by atoms with van der Waals surface area (Å²) in [6, 6.07) is 8.06. The molecule has 3 aliphatic rings. The minimum absolute atomic E-state index is 0.195. The number of rotatable bonds is 4. The minimum atomic E-state index is -4.58. The number of hydrogen-bond acceptors (Lipinski definition) is 4. The maximum atomic E-state index is 12.8. The van der Waals surface area contributed by atoms with Crippen LogP contribution in [0.5, 0.6) is 0 Å². The average Bonchev–Trinajstić information content (AvgIpc) is 3.13. The van der Waals surface area contributed by atoms with Crippen molar-refractivity contribution in [3.8, 4) is 0 Å². The molecule has 3 saturated carbocycles. The van der Waals surface area contributed by atoms with E-state index in [2.05, 4.69) is 35.9 Å². The van der Waals surface area contributed by atoms with Crippen LogP contribution in [0.15, 0.2) is 33.3 Å². The lowest BCUT2D eigenvalue weighted by molar-refractivity contribution is -0.159. The van der Waals surface area contributed by atoms with Crippen molar-refractivity contribution in [2.24, 2.45) is 5.41 Å². The molecular weight excluding hydrogens is 411 g/mol. The van der Waals surface area contributed by atoms with E-state index >= 15 is 0 Å². The Balaban J connectivity index is 1.44. The summed E-state index contributed by atoms with van der Waals surface area (Å²) >= 11 is 3.47. The molecule has 3 fully saturated rings. The predicted octanol–water partition coefficient (Wildman–Crippen LogP) is 5.56. The quantitative estimate of drug-likeness (QED) is 0.691. The van der Waals surface area contributed by atoms with E-state index < -0.39 is 12.1 Å². The standard InChI is InChI=1S/C18H19BrF3N3O/c19-12-2-1-3-13(10-12)23-11-16-4-7-17(8-5-16,9-6-16)14-24-15(26-25-14)18(20,21)22/h1-3,10,23H,4-9,11H2. The van der Waals surface area contributed by atoms with Crippen molar-refractivity contribution in [3.63, 3.8) is 0 Å². The smallest absolute Gasteiger partial charge is 0.384 e. The van der Waals surface area contributed by atoms with Crippen LogP contribution in [0.2, 0.25) is 0 Å². The topological polar surface area (TPSA) is 51.0 Å². The van der Waals surface area contributed by atoms with Gasteiger partial charge >= 0.3 is 12.1 Å². The number of anilines is 1. The first-order valence-electron chi connectivity index (χ1n) is 8.71. The van der Waals surface area contributed by atoms with Crippen LogP contribution >= 0.6 is 15.9 Å². The van der Waals surface area contributed by atoms with Gasteiger partial charge in [-0.3, -0.25) is 0 Å². The molecule has 1 aromatic heterocycles. The van der Waals surface area contributed by atoms with Crippen molar-refractivity contribution in [1.82, 2.24) is 10.1 Å². The predicted molar refractivity (Wildman–Crippen MR) is 93.7 cm³/mol. The van der Waals surface area contributed by atoms with Crippen LogP contribution in [-0.2, 0) is 11.6 Å². The molecule has 26 heavy (non-hydrogen) atoms. The first kappa shape index (κ1) is 17.8. The van der Waals surface area contributed by atoms with Gasteiger partial charge in [0.05, 0.1) is 0 Å². The van der Waals surface area contributed by atoms with E-state index in [9.17, 15) is 13.2 Å². The summed E-state index contributed by atoms with van der Waals surface area (Å²) in [6.07, 6.45) is 0.735. The molecule has 0 saturated heterocycles. The van der Waals surface area contributed by atoms with Crippen LogP contribution in [0.3, 0.4) is 0 Å². The Kier molecular flexibility index (Phi) is 4.28. The van der Waals surface area contributed by atoms with Gasteiger partial charge in [0.2, 0.25) is 0 Å². The summed E-state index contributed by atoms with van der Waals surface area (Å²) in [6.45, 7) is 0.875. The molecule has 0 amide bonds. The number of fused-ring (bicyclic) bond motifs is 3. The molecule has 0 aliphatic heterocycles. The van der Waals surface area contributed by atoms with Crippen LogP contribution in [0.25, 0.3) is 0 Å². The van der Waals surface area contributed by atoms with Gasteiger partial charge in [-0.05, 0) is 62.1 Å². The van der Waals surface area contributed by atoms with E-state index in [0.29, 0.717) is 0 Å². The summed E-state index contributed by atoms with van der Waals surface area (Å²) < 4.78 is 43.7. The normalized spacial score (nSPS) is 28.3. The zero-order valence-corrected chi connectivity index (χ0v) is 15.7. The number of aromatic nitrogens is 2. The fraction of sp³-hybridized carbons (Fsp3) is 0.556. The second-order valence-corrected chi connectivity index (χ2v) is 8.48. The fourth-order valence-electron chi connectivity index (χ4n) is 4.31. The SMILES string of the molecule is FC(F)(F)c1nc(C23CCC(CNc4cccc(Br)c4)(CC2)CC3)no1. The van der Waals surface area contributed by atoms with Crippen LogP contribution in [-0.4, -0.2) is 16.7 Å². The minimum Gasteiger partial charge on any atom is -0.384 e. The van der Waals surface area contributed by atoms with Crippen LogP contribution < -0.4 is 5.32 Å². The van der Waals surface area contributed by atoms with Gasteiger partial charge in [-0.15, -0.1) is 0 Å². The largest absolute Gasteiger partial charge is 0.471 e. The summed E-state index contributed by atoms with van der Waals surface area (Å²) in [5.74, 6) is -1.00. The molecular formula is C18H19BrF3N3O. The van der Waals surface area contributed by atoms with E-state index in [0.717, 1.165) is 55.2 Å². The molecule has 5 rings (SSSR count). The van der Waals surface area contributed by atoms with Crippen molar-refractivity contribution < 1.29 is 17.7 Å². The number of hydrogen-bond donors (Lipinski definition) is 1. The highest BCUT2D eigenvalue weighted by molar-refractivity contribution is 9.10. The third-order valence-corrected chi connectivity index (χ3v) is 6.53. The Labute approximate surface area is 157 Å². The summed E-state index contributed by atoms with van der Waals surface area (Å²) in [5, 5.41) is 7.19. The average molecular weight is 430 g/mol. The Bertz CT molecular complexity index is 780. The molecule has 140 valence electrons.